The summed E-state index contributed by atoms with van der Waals surface area (Å²) in [7, 11) is -3.77. The minimum absolute atomic E-state index is 0.0129. The Hall–Kier alpha value is -2.60. The van der Waals surface area contributed by atoms with Gasteiger partial charge in [-0.2, -0.15) is 0 Å². The zero-order chi connectivity index (χ0) is 20.9. The molecule has 0 fully saturated rings. The highest BCUT2D eigenvalue weighted by atomic mass is 32.2. The molecule has 3 N–H and O–H groups in total. The van der Waals surface area contributed by atoms with Gasteiger partial charge in [-0.25, -0.2) is 13.6 Å². The average molecular weight is 436 g/mol. The van der Waals surface area contributed by atoms with Crippen LogP contribution in [0.2, 0.25) is 0 Å². The first-order valence-electron chi connectivity index (χ1n) is 8.86. The summed E-state index contributed by atoms with van der Waals surface area (Å²) in [5, 5.41) is 17.9. The van der Waals surface area contributed by atoms with Crippen LogP contribution in [0.5, 0.6) is 0 Å². The van der Waals surface area contributed by atoms with Crippen LogP contribution in [0.1, 0.15) is 19.2 Å². The normalized spacial score (nSPS) is 11.7. The first kappa shape index (κ1) is 21.1. The molecule has 0 atom stereocenters. The van der Waals surface area contributed by atoms with E-state index < -0.39 is 10.0 Å². The average Bonchev–Trinajstić information content (AvgIpc) is 3.33. The van der Waals surface area contributed by atoms with E-state index in [1.54, 1.807) is 0 Å². The standard InChI is InChI=1S/C18H21N5O4S2/c1-2-9-23(12-17-21-22-18(27-17)15-4-3-10-28-15)11-16(24)20-13-5-7-14(8-6-13)29(19,25)26/h3-8,10H,2,9,11-12H2,1H3,(H,20,24)(H2,19,25,26). The van der Waals surface area contributed by atoms with E-state index >= 15 is 0 Å². The van der Waals surface area contributed by atoms with Gasteiger partial charge in [0.25, 0.3) is 5.89 Å². The summed E-state index contributed by atoms with van der Waals surface area (Å²) in [6, 6.07) is 9.49. The lowest BCUT2D eigenvalue weighted by molar-refractivity contribution is -0.117. The van der Waals surface area contributed by atoms with Crippen molar-refractivity contribution in [2.24, 2.45) is 5.14 Å². The Morgan fingerprint density at radius 1 is 1.24 bits per heavy atom. The minimum Gasteiger partial charge on any atom is -0.419 e. The molecule has 0 saturated heterocycles. The van der Waals surface area contributed by atoms with Crippen molar-refractivity contribution in [3.05, 3.63) is 47.7 Å². The number of anilines is 1. The quantitative estimate of drug-likeness (QED) is 0.527. The van der Waals surface area contributed by atoms with Crippen molar-refractivity contribution < 1.29 is 17.6 Å². The smallest absolute Gasteiger partial charge is 0.257 e. The van der Waals surface area contributed by atoms with Gasteiger partial charge in [0, 0.05) is 5.69 Å². The Labute approximate surface area is 172 Å². The van der Waals surface area contributed by atoms with Crippen molar-refractivity contribution in [2.75, 3.05) is 18.4 Å². The Morgan fingerprint density at radius 3 is 2.62 bits per heavy atom. The number of nitrogens with one attached hydrogen (secondary N) is 1. The fourth-order valence-electron chi connectivity index (χ4n) is 2.67. The number of carbonyl (C=O) groups is 1. The van der Waals surface area contributed by atoms with Gasteiger partial charge < -0.3 is 9.73 Å². The number of thiophene rings is 1. The molecule has 29 heavy (non-hydrogen) atoms. The molecule has 3 aromatic rings. The minimum atomic E-state index is -3.77. The molecule has 9 nitrogen and oxygen atoms in total. The van der Waals surface area contributed by atoms with Gasteiger partial charge in [0.2, 0.25) is 21.8 Å². The Balaban J connectivity index is 1.60. The molecule has 2 heterocycles. The van der Waals surface area contributed by atoms with E-state index in [-0.39, 0.29) is 17.3 Å². The monoisotopic (exact) mass is 435 g/mol. The zero-order valence-corrected chi connectivity index (χ0v) is 17.4. The highest BCUT2D eigenvalue weighted by Crippen LogP contribution is 2.23. The molecule has 0 aliphatic carbocycles. The van der Waals surface area contributed by atoms with Crippen LogP contribution in [-0.2, 0) is 21.4 Å². The van der Waals surface area contributed by atoms with E-state index in [1.807, 2.05) is 29.3 Å². The Kier molecular flexibility index (Phi) is 6.75. The number of carbonyl (C=O) groups excluding carboxylic acids is 1. The van der Waals surface area contributed by atoms with Crippen LogP contribution in [0.3, 0.4) is 0 Å². The van der Waals surface area contributed by atoms with E-state index in [0.717, 1.165) is 11.3 Å². The molecule has 0 bridgehead atoms. The second-order valence-electron chi connectivity index (χ2n) is 6.31. The number of primary sulfonamides is 1. The van der Waals surface area contributed by atoms with Gasteiger partial charge in [0.05, 0.1) is 22.9 Å². The number of benzene rings is 1. The summed E-state index contributed by atoms with van der Waals surface area (Å²) in [5.41, 5.74) is 0.483. The van der Waals surface area contributed by atoms with Crippen molar-refractivity contribution in [3.63, 3.8) is 0 Å². The summed E-state index contributed by atoms with van der Waals surface area (Å²) in [5.74, 6) is 0.665. The second kappa shape index (κ2) is 9.27. The van der Waals surface area contributed by atoms with Gasteiger partial charge in [-0.15, -0.1) is 21.5 Å². The molecule has 0 saturated carbocycles. The number of amides is 1. The van der Waals surface area contributed by atoms with Crippen LogP contribution in [0.15, 0.2) is 51.1 Å². The highest BCUT2D eigenvalue weighted by molar-refractivity contribution is 7.89. The first-order valence-corrected chi connectivity index (χ1v) is 11.3. The van der Waals surface area contributed by atoms with Crippen molar-refractivity contribution in [1.82, 2.24) is 15.1 Å². The van der Waals surface area contributed by atoms with Crippen molar-refractivity contribution in [2.45, 2.75) is 24.8 Å². The van der Waals surface area contributed by atoms with Gasteiger partial charge in [0.15, 0.2) is 0 Å². The number of aromatic nitrogens is 2. The van der Waals surface area contributed by atoms with Crippen LogP contribution in [0.4, 0.5) is 5.69 Å². The van der Waals surface area contributed by atoms with Crippen molar-refractivity contribution >= 4 is 33.0 Å². The third kappa shape index (κ3) is 5.94. The summed E-state index contributed by atoms with van der Waals surface area (Å²) in [4.78, 5) is 15.2. The molecule has 1 amide bonds. The highest BCUT2D eigenvalue weighted by Gasteiger charge is 2.16. The van der Waals surface area contributed by atoms with Crippen LogP contribution in [0.25, 0.3) is 10.8 Å². The molecule has 11 heteroatoms. The maximum absolute atomic E-state index is 12.4. The molecule has 1 aromatic carbocycles. The molecule has 154 valence electrons. The summed E-state index contributed by atoms with van der Waals surface area (Å²) >= 11 is 1.51. The summed E-state index contributed by atoms with van der Waals surface area (Å²) in [6.45, 7) is 3.17. The van der Waals surface area contributed by atoms with Gasteiger partial charge in [-0.1, -0.05) is 13.0 Å². The number of hydrogen-bond acceptors (Lipinski definition) is 8. The number of nitrogens with zero attached hydrogens (tertiary/aromatic N) is 3. The van der Waals surface area contributed by atoms with Crippen molar-refractivity contribution in [1.29, 1.82) is 0 Å². The maximum Gasteiger partial charge on any atom is 0.257 e. The number of hydrogen-bond donors (Lipinski definition) is 2. The third-order valence-corrected chi connectivity index (χ3v) is 5.72. The lowest BCUT2D eigenvalue weighted by Gasteiger charge is -2.19. The lowest BCUT2D eigenvalue weighted by atomic mass is 10.3. The molecule has 0 unspecified atom stereocenters. The second-order valence-corrected chi connectivity index (χ2v) is 8.82. The Morgan fingerprint density at radius 2 is 2.00 bits per heavy atom. The van der Waals surface area contributed by atoms with Crippen LogP contribution in [0, 0.1) is 0 Å². The molecular formula is C18H21N5O4S2. The fraction of sp³-hybridized carbons (Fsp3) is 0.278. The van der Waals surface area contributed by atoms with Gasteiger partial charge in [-0.3, -0.25) is 9.69 Å². The predicted molar refractivity (Wildman–Crippen MR) is 110 cm³/mol. The largest absolute Gasteiger partial charge is 0.419 e. The predicted octanol–water partition coefficient (Wildman–Crippen LogP) is 2.30. The number of sulfonamides is 1. The lowest BCUT2D eigenvalue weighted by Crippen LogP contribution is -2.33. The maximum atomic E-state index is 12.4. The number of nitrogens with two attached hydrogens (primary N) is 1. The van der Waals surface area contributed by atoms with Gasteiger partial charge in [-0.05, 0) is 48.7 Å². The fourth-order valence-corrected chi connectivity index (χ4v) is 3.83. The Bertz CT molecular complexity index is 1050. The van der Waals surface area contributed by atoms with Crippen LogP contribution >= 0.6 is 11.3 Å². The van der Waals surface area contributed by atoms with Crippen LogP contribution < -0.4 is 10.5 Å². The van der Waals surface area contributed by atoms with Crippen molar-refractivity contribution in [3.8, 4) is 10.8 Å². The molecule has 2 aromatic heterocycles. The van der Waals surface area contributed by atoms with Gasteiger partial charge >= 0.3 is 0 Å². The SMILES string of the molecule is CCCN(CC(=O)Nc1ccc(S(N)(=O)=O)cc1)Cc1nnc(-c2cccs2)o1. The van der Waals surface area contributed by atoms with Gasteiger partial charge in [0.1, 0.15) is 0 Å². The zero-order valence-electron chi connectivity index (χ0n) is 15.7. The van der Waals surface area contributed by atoms with E-state index in [9.17, 15) is 13.2 Å². The number of rotatable bonds is 9. The van der Waals surface area contributed by atoms with E-state index in [0.29, 0.717) is 30.6 Å². The third-order valence-electron chi connectivity index (χ3n) is 3.93. The molecule has 0 radical (unpaired) electrons. The van der Waals surface area contributed by atoms with E-state index in [2.05, 4.69) is 15.5 Å². The molecule has 0 spiro atoms. The molecule has 0 aliphatic rings. The molecule has 3 rings (SSSR count). The molecular weight excluding hydrogens is 414 g/mol. The molecule has 0 aliphatic heterocycles. The van der Waals surface area contributed by atoms with E-state index in [4.69, 9.17) is 9.56 Å². The van der Waals surface area contributed by atoms with Crippen LogP contribution in [-0.4, -0.2) is 42.5 Å². The summed E-state index contributed by atoms with van der Waals surface area (Å²) < 4.78 is 28.3. The summed E-state index contributed by atoms with van der Waals surface area (Å²) in [6.07, 6.45) is 0.849. The van der Waals surface area contributed by atoms with E-state index in [1.165, 1.54) is 35.6 Å². The first-order chi connectivity index (χ1) is 13.8. The topological polar surface area (TPSA) is 131 Å².